The van der Waals surface area contributed by atoms with Gasteiger partial charge in [-0.2, -0.15) is 0 Å². The molecule has 18 heavy (non-hydrogen) atoms. The second kappa shape index (κ2) is 4.88. The van der Waals surface area contributed by atoms with Crippen molar-refractivity contribution < 1.29 is 4.74 Å². The van der Waals surface area contributed by atoms with Gasteiger partial charge >= 0.3 is 0 Å². The molecule has 1 heterocycles. The highest BCUT2D eigenvalue weighted by Gasteiger charge is 2.39. The number of hydrogen-bond acceptors (Lipinski definition) is 3. The normalized spacial score (nSPS) is 29.8. The van der Waals surface area contributed by atoms with E-state index in [1.54, 1.807) is 0 Å². The summed E-state index contributed by atoms with van der Waals surface area (Å²) in [4.78, 5) is 4.43. The third-order valence-electron chi connectivity index (χ3n) is 4.60. The van der Waals surface area contributed by atoms with Crippen LogP contribution in [0.3, 0.4) is 0 Å². The fraction of sp³-hybridized carbons (Fsp3) is 0.667. The molecule has 0 saturated heterocycles. The molecule has 0 radical (unpaired) electrons. The van der Waals surface area contributed by atoms with E-state index in [0.717, 1.165) is 41.5 Å². The van der Waals surface area contributed by atoms with Gasteiger partial charge in [0.15, 0.2) is 0 Å². The minimum absolute atomic E-state index is 0.452. The van der Waals surface area contributed by atoms with Gasteiger partial charge in [-0.15, -0.1) is 0 Å². The molecule has 1 aromatic heterocycles. The Bertz CT molecular complexity index is 433. The molecule has 1 aromatic rings. The molecule has 0 spiro atoms. The molecule has 3 nitrogen and oxygen atoms in total. The third kappa shape index (κ3) is 2.24. The summed E-state index contributed by atoms with van der Waals surface area (Å²) in [7, 11) is 0. The van der Waals surface area contributed by atoms with Crippen LogP contribution in [-0.4, -0.2) is 11.6 Å². The van der Waals surface area contributed by atoms with Gasteiger partial charge in [0.1, 0.15) is 5.75 Å². The molecule has 2 aliphatic carbocycles. The Morgan fingerprint density at radius 3 is 2.89 bits per heavy atom. The van der Waals surface area contributed by atoms with E-state index in [4.69, 9.17) is 10.5 Å². The van der Waals surface area contributed by atoms with Crippen molar-refractivity contribution in [3.05, 3.63) is 23.5 Å². The summed E-state index contributed by atoms with van der Waals surface area (Å²) in [5.41, 5.74) is 7.61. The molecule has 0 aliphatic heterocycles. The lowest BCUT2D eigenvalue weighted by Crippen LogP contribution is -2.19. The summed E-state index contributed by atoms with van der Waals surface area (Å²) >= 11 is 0. The highest BCUT2D eigenvalue weighted by Crippen LogP contribution is 2.48. The second-order valence-corrected chi connectivity index (χ2v) is 5.85. The number of nitrogens with zero attached hydrogens (tertiary/aromatic N) is 1. The number of rotatable bonds is 4. The van der Waals surface area contributed by atoms with E-state index in [9.17, 15) is 0 Å². The molecule has 0 aromatic carbocycles. The number of pyridine rings is 1. The Morgan fingerprint density at radius 2 is 2.22 bits per heavy atom. The molecular formula is C15H22N2O. The molecule has 3 atom stereocenters. The summed E-state index contributed by atoms with van der Waals surface area (Å²) in [6, 6.07) is 4.01. The largest absolute Gasteiger partial charge is 0.491 e. The van der Waals surface area contributed by atoms with Crippen LogP contribution in [0.1, 0.15) is 37.1 Å². The van der Waals surface area contributed by atoms with Crippen LogP contribution < -0.4 is 10.5 Å². The van der Waals surface area contributed by atoms with Gasteiger partial charge in [-0.25, -0.2) is 0 Å². The first-order valence-corrected chi connectivity index (χ1v) is 7.05. The number of fused-ring (bicyclic) bond motifs is 2. The summed E-state index contributed by atoms with van der Waals surface area (Å²) in [5, 5.41) is 0. The van der Waals surface area contributed by atoms with Gasteiger partial charge in [0.25, 0.3) is 0 Å². The Kier molecular flexibility index (Phi) is 3.25. The van der Waals surface area contributed by atoms with Crippen LogP contribution in [-0.2, 0) is 6.54 Å². The minimum Gasteiger partial charge on any atom is -0.491 e. The fourth-order valence-corrected chi connectivity index (χ4v) is 3.65. The van der Waals surface area contributed by atoms with E-state index in [-0.39, 0.29) is 0 Å². The second-order valence-electron chi connectivity index (χ2n) is 5.85. The van der Waals surface area contributed by atoms with E-state index < -0.39 is 0 Å². The van der Waals surface area contributed by atoms with E-state index in [1.165, 1.54) is 25.7 Å². The molecule has 2 fully saturated rings. The van der Waals surface area contributed by atoms with Crippen LogP contribution in [0.5, 0.6) is 5.75 Å². The van der Waals surface area contributed by atoms with Gasteiger partial charge in [-0.1, -0.05) is 6.42 Å². The van der Waals surface area contributed by atoms with Gasteiger partial charge in [0.2, 0.25) is 0 Å². The first-order chi connectivity index (χ1) is 8.76. The molecule has 0 amide bonds. The van der Waals surface area contributed by atoms with Gasteiger partial charge < -0.3 is 10.5 Å². The smallest absolute Gasteiger partial charge is 0.142 e. The number of aryl methyl sites for hydroxylation is 1. The molecule has 2 saturated carbocycles. The summed E-state index contributed by atoms with van der Waals surface area (Å²) < 4.78 is 5.98. The maximum Gasteiger partial charge on any atom is 0.142 e. The summed E-state index contributed by atoms with van der Waals surface area (Å²) in [5.74, 6) is 3.53. The average molecular weight is 246 g/mol. The van der Waals surface area contributed by atoms with Crippen molar-refractivity contribution in [2.24, 2.45) is 23.5 Å². The van der Waals surface area contributed by atoms with Crippen molar-refractivity contribution in [1.82, 2.24) is 4.98 Å². The molecule has 3 heteroatoms. The molecule has 2 bridgehead atoms. The van der Waals surface area contributed by atoms with Crippen LogP contribution in [0.15, 0.2) is 12.1 Å². The Morgan fingerprint density at radius 1 is 1.33 bits per heavy atom. The highest BCUT2D eigenvalue weighted by atomic mass is 16.5. The zero-order valence-corrected chi connectivity index (χ0v) is 11.1. The number of nitrogens with two attached hydrogens (primary N) is 1. The minimum atomic E-state index is 0.452. The topological polar surface area (TPSA) is 48.1 Å². The first-order valence-electron chi connectivity index (χ1n) is 7.05. The van der Waals surface area contributed by atoms with Gasteiger partial charge in [-0.3, -0.25) is 4.98 Å². The Balaban J connectivity index is 1.63. The van der Waals surface area contributed by atoms with Crippen molar-refractivity contribution in [1.29, 1.82) is 0 Å². The van der Waals surface area contributed by atoms with E-state index >= 15 is 0 Å². The molecule has 2 N–H and O–H groups in total. The van der Waals surface area contributed by atoms with Crippen LogP contribution in [0.4, 0.5) is 0 Å². The number of aromatic nitrogens is 1. The van der Waals surface area contributed by atoms with Gasteiger partial charge in [-0.05, 0) is 56.1 Å². The SMILES string of the molecule is Cc1ccc(OCC2CC3CCC2C3)c(CN)n1. The number of hydrogen-bond donors (Lipinski definition) is 1. The Labute approximate surface area is 109 Å². The maximum atomic E-state index is 5.98. The van der Waals surface area contributed by atoms with Crippen LogP contribution in [0.2, 0.25) is 0 Å². The standard InChI is InChI=1S/C15H22N2O/c1-10-2-5-15(14(8-16)17-10)18-9-13-7-11-3-4-12(13)6-11/h2,5,11-13H,3-4,6-9,16H2,1H3. The average Bonchev–Trinajstić information content (AvgIpc) is 2.99. The molecule has 3 rings (SSSR count). The third-order valence-corrected chi connectivity index (χ3v) is 4.60. The lowest BCUT2D eigenvalue weighted by atomic mass is 9.89. The van der Waals surface area contributed by atoms with E-state index in [1.807, 2.05) is 19.1 Å². The van der Waals surface area contributed by atoms with E-state index in [0.29, 0.717) is 6.54 Å². The lowest BCUT2D eigenvalue weighted by molar-refractivity contribution is 0.193. The van der Waals surface area contributed by atoms with Crippen LogP contribution in [0.25, 0.3) is 0 Å². The van der Waals surface area contributed by atoms with Crippen LogP contribution in [0, 0.1) is 24.7 Å². The van der Waals surface area contributed by atoms with Gasteiger partial charge in [0, 0.05) is 12.2 Å². The molecule has 98 valence electrons. The molecule has 3 unspecified atom stereocenters. The van der Waals surface area contributed by atoms with Crippen molar-refractivity contribution in [2.45, 2.75) is 39.2 Å². The predicted octanol–water partition coefficient (Wildman–Crippen LogP) is 2.66. The zero-order chi connectivity index (χ0) is 12.5. The number of ether oxygens (including phenoxy) is 1. The summed E-state index contributed by atoms with van der Waals surface area (Å²) in [6.07, 6.45) is 5.65. The van der Waals surface area contributed by atoms with E-state index in [2.05, 4.69) is 4.98 Å². The lowest BCUT2D eigenvalue weighted by Gasteiger charge is -2.22. The van der Waals surface area contributed by atoms with Crippen molar-refractivity contribution in [3.63, 3.8) is 0 Å². The monoisotopic (exact) mass is 246 g/mol. The quantitative estimate of drug-likeness (QED) is 0.888. The van der Waals surface area contributed by atoms with Crippen molar-refractivity contribution >= 4 is 0 Å². The maximum absolute atomic E-state index is 5.98. The zero-order valence-electron chi connectivity index (χ0n) is 11.1. The molecular weight excluding hydrogens is 224 g/mol. The highest BCUT2D eigenvalue weighted by molar-refractivity contribution is 5.29. The Hall–Kier alpha value is -1.09. The predicted molar refractivity (Wildman–Crippen MR) is 71.3 cm³/mol. The first kappa shape index (κ1) is 12.0. The van der Waals surface area contributed by atoms with Gasteiger partial charge in [0.05, 0.1) is 12.3 Å². The molecule has 2 aliphatic rings. The van der Waals surface area contributed by atoms with Crippen molar-refractivity contribution in [2.75, 3.05) is 6.61 Å². The summed E-state index contributed by atoms with van der Waals surface area (Å²) in [6.45, 7) is 3.28. The van der Waals surface area contributed by atoms with Crippen LogP contribution >= 0.6 is 0 Å². The fourth-order valence-electron chi connectivity index (χ4n) is 3.65. The van der Waals surface area contributed by atoms with Crippen molar-refractivity contribution in [3.8, 4) is 5.75 Å².